The van der Waals surface area contributed by atoms with Crippen molar-refractivity contribution < 1.29 is 14.3 Å². The van der Waals surface area contributed by atoms with Crippen molar-refractivity contribution in [2.75, 3.05) is 13.7 Å². The molecule has 4 heteroatoms. The monoisotopic (exact) mass is 231 g/mol. The second-order valence-corrected chi connectivity index (χ2v) is 3.29. The zero-order valence-corrected chi connectivity index (χ0v) is 9.74. The molecule has 0 aliphatic rings. The number of methoxy groups -OCH3 is 1. The first-order chi connectivity index (χ1) is 8.17. The zero-order chi connectivity index (χ0) is 12.7. The van der Waals surface area contributed by atoms with Crippen molar-refractivity contribution in [3.8, 4) is 17.6 Å². The quantitative estimate of drug-likeness (QED) is 0.623. The number of carbonyl (C=O) groups is 2. The van der Waals surface area contributed by atoms with E-state index in [-0.39, 0.29) is 12.5 Å². The lowest BCUT2D eigenvalue weighted by Crippen LogP contribution is -2.19. The van der Waals surface area contributed by atoms with Crippen LogP contribution >= 0.6 is 0 Å². The van der Waals surface area contributed by atoms with Crippen LogP contribution in [0, 0.1) is 11.8 Å². The Morgan fingerprint density at radius 2 is 2.29 bits per heavy atom. The summed E-state index contributed by atoms with van der Waals surface area (Å²) in [5.74, 6) is 6.03. The normalized spacial score (nSPS) is 8.82. The summed E-state index contributed by atoms with van der Waals surface area (Å²) in [7, 11) is 1.50. The molecule has 1 rings (SSSR count). The van der Waals surface area contributed by atoms with Crippen LogP contribution in [0.4, 0.5) is 0 Å². The first-order valence-electron chi connectivity index (χ1n) is 5.04. The van der Waals surface area contributed by atoms with E-state index in [9.17, 15) is 9.59 Å². The number of rotatable bonds is 3. The first-order valence-corrected chi connectivity index (χ1v) is 5.04. The molecule has 0 aliphatic heterocycles. The molecule has 1 N–H and O–H groups in total. The summed E-state index contributed by atoms with van der Waals surface area (Å²) < 4.78 is 5.01. The van der Waals surface area contributed by atoms with Gasteiger partial charge in [-0.1, -0.05) is 11.8 Å². The largest absolute Gasteiger partial charge is 0.496 e. The number of benzene rings is 1. The van der Waals surface area contributed by atoms with Crippen molar-refractivity contribution in [3.05, 3.63) is 29.3 Å². The summed E-state index contributed by atoms with van der Waals surface area (Å²) in [4.78, 5) is 21.4. The lowest BCUT2D eigenvalue weighted by Gasteiger charge is -2.02. The topological polar surface area (TPSA) is 55.4 Å². The number of hydrogen-bond acceptors (Lipinski definition) is 3. The maximum absolute atomic E-state index is 10.8. The van der Waals surface area contributed by atoms with Gasteiger partial charge in [0.2, 0.25) is 5.91 Å². The second kappa shape index (κ2) is 6.33. The Balaban J connectivity index is 2.78. The van der Waals surface area contributed by atoms with Crippen molar-refractivity contribution in [1.29, 1.82) is 0 Å². The third kappa shape index (κ3) is 3.99. The molecule has 1 amide bonds. The van der Waals surface area contributed by atoms with Crippen molar-refractivity contribution in [2.45, 2.75) is 6.92 Å². The van der Waals surface area contributed by atoms with Crippen LogP contribution in [0.3, 0.4) is 0 Å². The van der Waals surface area contributed by atoms with Crippen molar-refractivity contribution in [3.63, 3.8) is 0 Å². The summed E-state index contributed by atoms with van der Waals surface area (Å²) in [5, 5.41) is 2.56. The minimum atomic E-state index is -0.123. The highest BCUT2D eigenvalue weighted by molar-refractivity contribution is 5.80. The third-order valence-electron chi connectivity index (χ3n) is 2.02. The van der Waals surface area contributed by atoms with Crippen molar-refractivity contribution >= 4 is 12.2 Å². The van der Waals surface area contributed by atoms with Gasteiger partial charge in [-0.3, -0.25) is 9.59 Å². The van der Waals surface area contributed by atoms with Gasteiger partial charge in [-0.15, -0.1) is 0 Å². The molecule has 1 aromatic rings. The molecule has 0 bridgehead atoms. The second-order valence-electron chi connectivity index (χ2n) is 3.29. The summed E-state index contributed by atoms with van der Waals surface area (Å²) in [6.45, 7) is 1.72. The van der Waals surface area contributed by atoms with Gasteiger partial charge in [0, 0.05) is 12.5 Å². The molecule has 0 aromatic heterocycles. The van der Waals surface area contributed by atoms with Crippen LogP contribution in [0.25, 0.3) is 0 Å². The van der Waals surface area contributed by atoms with Gasteiger partial charge in [-0.25, -0.2) is 0 Å². The van der Waals surface area contributed by atoms with Gasteiger partial charge in [0.15, 0.2) is 6.29 Å². The van der Waals surface area contributed by atoms with Gasteiger partial charge >= 0.3 is 0 Å². The molecular weight excluding hydrogens is 218 g/mol. The fourth-order valence-electron chi connectivity index (χ4n) is 1.22. The molecule has 0 fully saturated rings. The van der Waals surface area contributed by atoms with E-state index in [1.165, 1.54) is 14.0 Å². The highest BCUT2D eigenvalue weighted by atomic mass is 16.5. The molecular formula is C13H13NO3. The Kier molecular flexibility index (Phi) is 4.77. The number of carbonyl (C=O) groups excluding carboxylic acids is 2. The predicted molar refractivity (Wildman–Crippen MR) is 63.9 cm³/mol. The standard InChI is InChI=1S/C13H13NO3/c1-10(16)14-7-3-4-11-5-6-13(17-2)12(8-11)9-15/h5-6,8-9H,7H2,1-2H3,(H,14,16). The summed E-state index contributed by atoms with van der Waals surface area (Å²) >= 11 is 0. The average molecular weight is 231 g/mol. The molecule has 0 heterocycles. The van der Waals surface area contributed by atoms with E-state index in [0.717, 1.165) is 6.29 Å². The summed E-state index contributed by atoms with van der Waals surface area (Å²) in [6.07, 6.45) is 0.720. The molecule has 17 heavy (non-hydrogen) atoms. The average Bonchev–Trinajstić information content (AvgIpc) is 2.34. The molecule has 0 saturated heterocycles. The van der Waals surface area contributed by atoms with Crippen LogP contribution in [-0.4, -0.2) is 25.8 Å². The Labute approximate surface area is 100.0 Å². The molecule has 0 aliphatic carbocycles. The van der Waals surface area contributed by atoms with Crippen LogP contribution < -0.4 is 10.1 Å². The summed E-state index contributed by atoms with van der Waals surface area (Å²) in [5.41, 5.74) is 1.16. The number of hydrogen-bond donors (Lipinski definition) is 1. The Morgan fingerprint density at radius 1 is 1.53 bits per heavy atom. The Morgan fingerprint density at radius 3 is 2.88 bits per heavy atom. The van der Waals surface area contributed by atoms with E-state index in [1.54, 1.807) is 18.2 Å². The molecule has 1 aromatic carbocycles. The summed E-state index contributed by atoms with van der Waals surface area (Å²) in [6, 6.07) is 5.09. The van der Waals surface area contributed by atoms with Gasteiger partial charge < -0.3 is 10.1 Å². The number of nitrogens with one attached hydrogen (secondary N) is 1. The lowest BCUT2D eigenvalue weighted by molar-refractivity contribution is -0.118. The van der Waals surface area contributed by atoms with E-state index in [4.69, 9.17) is 4.74 Å². The maximum Gasteiger partial charge on any atom is 0.217 e. The minimum absolute atomic E-state index is 0.123. The van der Waals surface area contributed by atoms with Gasteiger partial charge in [0.05, 0.1) is 19.2 Å². The Hall–Kier alpha value is -2.28. The van der Waals surface area contributed by atoms with Crippen molar-refractivity contribution in [1.82, 2.24) is 5.32 Å². The minimum Gasteiger partial charge on any atom is -0.496 e. The van der Waals surface area contributed by atoms with Gasteiger partial charge in [0.1, 0.15) is 5.75 Å². The molecule has 0 spiro atoms. The van der Waals surface area contributed by atoms with E-state index < -0.39 is 0 Å². The van der Waals surface area contributed by atoms with Crippen LogP contribution in [0.2, 0.25) is 0 Å². The van der Waals surface area contributed by atoms with Gasteiger partial charge in [-0.2, -0.15) is 0 Å². The van der Waals surface area contributed by atoms with E-state index in [1.807, 2.05) is 0 Å². The molecule has 0 radical (unpaired) electrons. The highest BCUT2D eigenvalue weighted by Gasteiger charge is 2.01. The molecule has 0 unspecified atom stereocenters. The van der Waals surface area contributed by atoms with Crippen LogP contribution in [-0.2, 0) is 4.79 Å². The van der Waals surface area contributed by atoms with Crippen LogP contribution in [0.15, 0.2) is 18.2 Å². The first kappa shape index (κ1) is 12.8. The predicted octanol–water partition coefficient (Wildman–Crippen LogP) is 0.995. The number of amides is 1. The highest BCUT2D eigenvalue weighted by Crippen LogP contribution is 2.17. The van der Waals surface area contributed by atoms with E-state index >= 15 is 0 Å². The van der Waals surface area contributed by atoms with E-state index in [2.05, 4.69) is 17.2 Å². The zero-order valence-electron chi connectivity index (χ0n) is 9.74. The molecule has 4 nitrogen and oxygen atoms in total. The third-order valence-corrected chi connectivity index (χ3v) is 2.02. The fourth-order valence-corrected chi connectivity index (χ4v) is 1.22. The van der Waals surface area contributed by atoms with Crippen LogP contribution in [0.1, 0.15) is 22.8 Å². The molecule has 88 valence electrons. The van der Waals surface area contributed by atoms with Crippen molar-refractivity contribution in [2.24, 2.45) is 0 Å². The Bertz CT molecular complexity index is 483. The number of ether oxygens (including phenoxy) is 1. The van der Waals surface area contributed by atoms with Crippen LogP contribution in [0.5, 0.6) is 5.75 Å². The molecule has 0 atom stereocenters. The molecule has 0 saturated carbocycles. The smallest absolute Gasteiger partial charge is 0.217 e. The SMILES string of the molecule is COc1ccc(C#CCNC(C)=O)cc1C=O. The van der Waals surface area contributed by atoms with Gasteiger partial charge in [-0.05, 0) is 18.2 Å². The number of aldehydes is 1. The van der Waals surface area contributed by atoms with E-state index in [0.29, 0.717) is 16.9 Å². The van der Waals surface area contributed by atoms with Gasteiger partial charge in [0.25, 0.3) is 0 Å². The maximum atomic E-state index is 10.8. The fraction of sp³-hybridized carbons (Fsp3) is 0.231. The lowest BCUT2D eigenvalue weighted by atomic mass is 10.1.